The number of aromatic carboxylic acids is 1. The average molecular weight is 329 g/mol. The number of ether oxygens (including phenoxy) is 1. The first-order chi connectivity index (χ1) is 11.1. The number of carbonyl (C=O) groups is 2. The summed E-state index contributed by atoms with van der Waals surface area (Å²) in [6.07, 6.45) is 0.703. The average Bonchev–Trinajstić information content (AvgIpc) is 2.93. The molecule has 2 aromatic heterocycles. The van der Waals surface area contributed by atoms with Crippen LogP contribution in [0.2, 0.25) is 0 Å². The van der Waals surface area contributed by atoms with Crippen molar-refractivity contribution in [3.05, 3.63) is 53.0 Å². The molecule has 0 aliphatic rings. The van der Waals surface area contributed by atoms with Crippen LogP contribution in [-0.2, 0) is 11.3 Å². The highest BCUT2D eigenvalue weighted by Gasteiger charge is 2.21. The second kappa shape index (κ2) is 6.41. The summed E-state index contributed by atoms with van der Waals surface area (Å²) in [6.45, 7) is 0.0942. The van der Waals surface area contributed by atoms with E-state index >= 15 is 0 Å². The zero-order chi connectivity index (χ0) is 16.2. The predicted molar refractivity (Wildman–Crippen MR) is 84.6 cm³/mol. The molecule has 3 aromatic rings. The second-order valence-corrected chi connectivity index (χ2v) is 5.55. The number of nitrogens with zero attached hydrogens (tertiary/aromatic N) is 2. The van der Waals surface area contributed by atoms with E-state index < -0.39 is 12.1 Å². The minimum Gasteiger partial charge on any atom is -0.477 e. The number of hydrogen-bond donors (Lipinski definition) is 2. The van der Waals surface area contributed by atoms with Crippen LogP contribution in [0.5, 0.6) is 0 Å². The number of carboxylic acid groups (broad SMARTS) is 1. The number of amides is 1. The second-order valence-electron chi connectivity index (χ2n) is 4.55. The number of thiophene rings is 1. The highest BCUT2D eigenvalue weighted by Crippen LogP contribution is 2.34. The van der Waals surface area contributed by atoms with Gasteiger partial charge in [-0.05, 0) is 11.6 Å². The van der Waals surface area contributed by atoms with Crippen molar-refractivity contribution in [3.63, 3.8) is 0 Å². The minimum atomic E-state index is -1.15. The van der Waals surface area contributed by atoms with E-state index in [-0.39, 0.29) is 17.2 Å². The molecule has 0 aliphatic carbocycles. The Morgan fingerprint density at radius 2 is 2.00 bits per heavy atom. The van der Waals surface area contributed by atoms with Crippen molar-refractivity contribution in [2.75, 3.05) is 5.32 Å². The number of hydrogen-bond acceptors (Lipinski definition) is 6. The third-order valence-corrected chi connectivity index (χ3v) is 4.09. The number of anilines is 1. The van der Waals surface area contributed by atoms with Gasteiger partial charge >= 0.3 is 12.1 Å². The van der Waals surface area contributed by atoms with Crippen molar-refractivity contribution in [2.24, 2.45) is 0 Å². The quantitative estimate of drug-likeness (QED) is 0.762. The van der Waals surface area contributed by atoms with Crippen molar-refractivity contribution in [1.29, 1.82) is 0 Å². The van der Waals surface area contributed by atoms with Gasteiger partial charge in [-0.3, -0.25) is 5.32 Å². The zero-order valence-corrected chi connectivity index (χ0v) is 12.5. The maximum atomic E-state index is 11.9. The summed E-state index contributed by atoms with van der Waals surface area (Å²) in [5, 5.41) is 19.8. The highest BCUT2D eigenvalue weighted by molar-refractivity contribution is 7.21. The zero-order valence-electron chi connectivity index (χ0n) is 11.7. The summed E-state index contributed by atoms with van der Waals surface area (Å²) in [6, 6.07) is 10.8. The SMILES string of the molecule is O=C(Nc1c(C(=O)O)sc2nnccc12)OCc1ccccc1. The number of nitrogens with one attached hydrogen (secondary N) is 1. The third-order valence-electron chi connectivity index (χ3n) is 3.02. The highest BCUT2D eigenvalue weighted by atomic mass is 32.1. The van der Waals surface area contributed by atoms with E-state index in [0.29, 0.717) is 10.2 Å². The van der Waals surface area contributed by atoms with Gasteiger partial charge in [-0.2, -0.15) is 5.10 Å². The number of benzene rings is 1. The summed E-state index contributed by atoms with van der Waals surface area (Å²) in [4.78, 5) is 23.7. The molecule has 8 heteroatoms. The molecule has 0 bridgehead atoms. The molecule has 1 amide bonds. The van der Waals surface area contributed by atoms with Gasteiger partial charge < -0.3 is 9.84 Å². The molecule has 2 heterocycles. The Labute approximate surface area is 134 Å². The molecule has 0 atom stereocenters. The summed E-state index contributed by atoms with van der Waals surface area (Å²) >= 11 is 0.945. The van der Waals surface area contributed by atoms with Crippen molar-refractivity contribution in [1.82, 2.24) is 10.2 Å². The Hall–Kier alpha value is -3.00. The number of aromatic nitrogens is 2. The molecule has 1 aromatic carbocycles. The third kappa shape index (κ3) is 3.27. The summed E-state index contributed by atoms with van der Waals surface area (Å²) in [5.74, 6) is -1.15. The lowest BCUT2D eigenvalue weighted by atomic mass is 10.2. The fourth-order valence-electron chi connectivity index (χ4n) is 1.99. The molecule has 3 rings (SSSR count). The number of carboxylic acids is 1. The minimum absolute atomic E-state index is 0.0165. The maximum absolute atomic E-state index is 11.9. The molecule has 0 radical (unpaired) electrons. The molecular weight excluding hydrogens is 318 g/mol. The lowest BCUT2D eigenvalue weighted by molar-refractivity contribution is 0.0703. The Balaban J connectivity index is 1.79. The van der Waals surface area contributed by atoms with Gasteiger partial charge in [0.2, 0.25) is 0 Å². The number of carbonyl (C=O) groups excluding carboxylic acids is 1. The van der Waals surface area contributed by atoms with Gasteiger partial charge in [0, 0.05) is 5.39 Å². The van der Waals surface area contributed by atoms with Crippen LogP contribution in [0, 0.1) is 0 Å². The first-order valence-corrected chi connectivity index (χ1v) is 7.42. The fourth-order valence-corrected chi connectivity index (χ4v) is 2.90. The van der Waals surface area contributed by atoms with E-state index in [9.17, 15) is 14.7 Å². The molecular formula is C15H11N3O4S. The molecule has 7 nitrogen and oxygen atoms in total. The van der Waals surface area contributed by atoms with Crippen molar-refractivity contribution < 1.29 is 19.4 Å². The van der Waals surface area contributed by atoms with Crippen LogP contribution in [0.25, 0.3) is 10.2 Å². The summed E-state index contributed by atoms with van der Waals surface area (Å²) in [7, 11) is 0. The first kappa shape index (κ1) is 14.9. The van der Waals surface area contributed by atoms with E-state index in [1.807, 2.05) is 30.3 Å². The Kier molecular flexibility index (Phi) is 4.15. The van der Waals surface area contributed by atoms with Crippen LogP contribution in [0.4, 0.5) is 10.5 Å². The predicted octanol–water partition coefficient (Wildman–Crippen LogP) is 3.14. The van der Waals surface area contributed by atoms with Gasteiger partial charge in [0.25, 0.3) is 0 Å². The smallest absolute Gasteiger partial charge is 0.412 e. The Bertz CT molecular complexity index is 864. The lowest BCUT2D eigenvalue weighted by Crippen LogP contribution is -2.15. The van der Waals surface area contributed by atoms with E-state index in [1.54, 1.807) is 6.07 Å². The number of fused-ring (bicyclic) bond motifs is 1. The monoisotopic (exact) mass is 329 g/mol. The van der Waals surface area contributed by atoms with Crippen LogP contribution in [0.1, 0.15) is 15.2 Å². The summed E-state index contributed by atoms with van der Waals surface area (Å²) < 4.78 is 5.11. The largest absolute Gasteiger partial charge is 0.477 e. The molecule has 0 saturated carbocycles. The molecule has 116 valence electrons. The lowest BCUT2D eigenvalue weighted by Gasteiger charge is -2.07. The molecule has 0 fully saturated rings. The van der Waals surface area contributed by atoms with Gasteiger partial charge in [0.15, 0.2) is 0 Å². The van der Waals surface area contributed by atoms with Crippen molar-refractivity contribution in [3.8, 4) is 0 Å². The molecule has 23 heavy (non-hydrogen) atoms. The first-order valence-electron chi connectivity index (χ1n) is 6.60. The molecule has 2 N–H and O–H groups in total. The van der Waals surface area contributed by atoms with E-state index in [1.165, 1.54) is 6.20 Å². The van der Waals surface area contributed by atoms with Crippen LogP contribution in [0.3, 0.4) is 0 Å². The standard InChI is InChI=1S/C15H11N3O4S/c19-14(20)12-11(10-6-7-16-18-13(10)23-12)17-15(21)22-8-9-4-2-1-3-5-9/h1-7H,8H2,(H,17,21)(H,19,20). The van der Waals surface area contributed by atoms with Crippen LogP contribution >= 0.6 is 11.3 Å². The van der Waals surface area contributed by atoms with Crippen molar-refractivity contribution in [2.45, 2.75) is 6.61 Å². The van der Waals surface area contributed by atoms with E-state index in [0.717, 1.165) is 16.9 Å². The molecule has 0 spiro atoms. The molecule has 0 saturated heterocycles. The topological polar surface area (TPSA) is 101 Å². The molecule has 0 aliphatic heterocycles. The van der Waals surface area contributed by atoms with Crippen LogP contribution in [-0.4, -0.2) is 27.4 Å². The van der Waals surface area contributed by atoms with Gasteiger partial charge in [-0.25, -0.2) is 9.59 Å². The Morgan fingerprint density at radius 1 is 1.22 bits per heavy atom. The van der Waals surface area contributed by atoms with E-state index in [4.69, 9.17) is 4.74 Å². The maximum Gasteiger partial charge on any atom is 0.412 e. The van der Waals surface area contributed by atoms with Gasteiger partial charge in [-0.15, -0.1) is 16.4 Å². The number of rotatable bonds is 4. The van der Waals surface area contributed by atoms with Gasteiger partial charge in [-0.1, -0.05) is 30.3 Å². The summed E-state index contributed by atoms with van der Waals surface area (Å²) in [5.41, 5.74) is 1.01. The Morgan fingerprint density at radius 3 is 2.74 bits per heavy atom. The molecule has 0 unspecified atom stereocenters. The van der Waals surface area contributed by atoms with Gasteiger partial charge in [0.1, 0.15) is 16.3 Å². The van der Waals surface area contributed by atoms with Crippen LogP contribution < -0.4 is 5.32 Å². The fraction of sp³-hybridized carbons (Fsp3) is 0.0667. The van der Waals surface area contributed by atoms with Gasteiger partial charge in [0.05, 0.1) is 11.9 Å². The van der Waals surface area contributed by atoms with Crippen molar-refractivity contribution >= 4 is 39.3 Å². The van der Waals surface area contributed by atoms with E-state index in [2.05, 4.69) is 15.5 Å². The normalized spacial score (nSPS) is 10.4. The van der Waals surface area contributed by atoms with Crippen LogP contribution in [0.15, 0.2) is 42.6 Å².